The molecule has 1 N–H and O–H groups in total. The molecule has 0 aliphatic carbocycles. The van der Waals surface area contributed by atoms with Crippen LogP contribution in [0.15, 0.2) is 83.8 Å². The highest BCUT2D eigenvalue weighted by atomic mass is 32.2. The van der Waals surface area contributed by atoms with Crippen molar-refractivity contribution in [3.8, 4) is 0 Å². The summed E-state index contributed by atoms with van der Waals surface area (Å²) < 4.78 is 17.8. The number of fused-ring (bicyclic) bond motifs is 1. The summed E-state index contributed by atoms with van der Waals surface area (Å²) in [7, 11) is -1.17. The second-order valence-electron chi connectivity index (χ2n) is 6.75. The maximum Gasteiger partial charge on any atom is 0.339 e. The van der Waals surface area contributed by atoms with Crippen LogP contribution in [0.4, 0.5) is 5.69 Å². The van der Waals surface area contributed by atoms with Crippen molar-refractivity contribution < 1.29 is 18.5 Å². The van der Waals surface area contributed by atoms with Crippen molar-refractivity contribution in [2.24, 2.45) is 0 Å². The van der Waals surface area contributed by atoms with Crippen LogP contribution < -0.4 is 5.32 Å². The minimum atomic E-state index is -1.17. The highest BCUT2D eigenvalue weighted by Gasteiger charge is 2.31. The molecule has 1 aliphatic rings. The number of benzene rings is 3. The Hall–Kier alpha value is -3.25. The Balaban J connectivity index is 1.44. The van der Waals surface area contributed by atoms with Crippen LogP contribution in [-0.4, -0.2) is 22.2 Å². The molecule has 29 heavy (non-hydrogen) atoms. The second-order valence-corrected chi connectivity index (χ2v) is 8.20. The maximum absolute atomic E-state index is 12.6. The Bertz CT molecular complexity index is 1080. The lowest BCUT2D eigenvalue weighted by Gasteiger charge is -2.23. The van der Waals surface area contributed by atoms with Gasteiger partial charge in [-0.05, 0) is 41.5 Å². The van der Waals surface area contributed by atoms with Crippen molar-refractivity contribution in [3.05, 3.63) is 95.6 Å². The molecular formula is C23H19NO4S. The molecule has 0 radical (unpaired) electrons. The van der Waals surface area contributed by atoms with Gasteiger partial charge in [-0.15, -0.1) is 0 Å². The Labute approximate surface area is 171 Å². The van der Waals surface area contributed by atoms with E-state index in [1.54, 1.807) is 30.3 Å². The van der Waals surface area contributed by atoms with Crippen molar-refractivity contribution in [2.45, 2.75) is 23.2 Å². The first-order valence-electron chi connectivity index (χ1n) is 9.22. The van der Waals surface area contributed by atoms with Gasteiger partial charge in [-0.25, -0.2) is 4.79 Å². The molecule has 0 spiro atoms. The Morgan fingerprint density at radius 2 is 1.76 bits per heavy atom. The predicted molar refractivity (Wildman–Crippen MR) is 111 cm³/mol. The van der Waals surface area contributed by atoms with E-state index in [1.165, 1.54) is 0 Å². The lowest BCUT2D eigenvalue weighted by atomic mass is 9.98. The quantitative estimate of drug-likeness (QED) is 0.657. The summed E-state index contributed by atoms with van der Waals surface area (Å²) in [6.45, 7) is 0. The van der Waals surface area contributed by atoms with Gasteiger partial charge in [0.05, 0.1) is 22.1 Å². The van der Waals surface area contributed by atoms with Crippen molar-refractivity contribution in [1.29, 1.82) is 0 Å². The average molecular weight is 405 g/mol. The molecule has 0 bridgehead atoms. The van der Waals surface area contributed by atoms with Gasteiger partial charge >= 0.3 is 5.97 Å². The van der Waals surface area contributed by atoms with E-state index in [1.807, 2.05) is 48.5 Å². The summed E-state index contributed by atoms with van der Waals surface area (Å²) in [6, 6.07) is 23.6. The third-order valence-electron chi connectivity index (χ3n) is 4.68. The van der Waals surface area contributed by atoms with Gasteiger partial charge in [0, 0.05) is 17.0 Å². The summed E-state index contributed by atoms with van der Waals surface area (Å²) in [6.07, 6.45) is -0.537. The molecule has 3 aromatic carbocycles. The van der Waals surface area contributed by atoms with Gasteiger partial charge in [0.2, 0.25) is 0 Å². The summed E-state index contributed by atoms with van der Waals surface area (Å²) in [5.41, 5.74) is 2.72. The number of ether oxygens (including phenoxy) is 1. The third-order valence-corrected chi connectivity index (χ3v) is 6.08. The zero-order chi connectivity index (χ0) is 20.2. The van der Waals surface area contributed by atoms with E-state index in [2.05, 4.69) is 5.32 Å². The summed E-state index contributed by atoms with van der Waals surface area (Å²) in [4.78, 5) is 25.5. The standard InChI is InChI=1S/C23H19NO4S/c25-22(21-14-17-8-4-5-12-20(17)23(26)28-21)24-18-9-6-7-16(13-18)15-29(27)19-10-2-1-3-11-19/h1-13,21H,14-15H2,(H,24,25)/t21-,29+/m0/s1. The zero-order valence-corrected chi connectivity index (χ0v) is 16.4. The number of cyclic esters (lactones) is 1. The van der Waals surface area contributed by atoms with Crippen molar-refractivity contribution in [3.63, 3.8) is 0 Å². The summed E-state index contributed by atoms with van der Waals surface area (Å²) in [5, 5.41) is 2.80. The Morgan fingerprint density at radius 1 is 1.00 bits per heavy atom. The van der Waals surface area contributed by atoms with Gasteiger partial charge in [0.15, 0.2) is 6.10 Å². The summed E-state index contributed by atoms with van der Waals surface area (Å²) in [5.74, 6) is -0.521. The van der Waals surface area contributed by atoms with Gasteiger partial charge in [-0.1, -0.05) is 48.5 Å². The number of hydrogen-bond acceptors (Lipinski definition) is 4. The van der Waals surface area contributed by atoms with Gasteiger partial charge < -0.3 is 10.1 Å². The van der Waals surface area contributed by atoms with Crippen molar-refractivity contribution in [1.82, 2.24) is 0 Å². The molecule has 0 saturated carbocycles. The van der Waals surface area contributed by atoms with E-state index >= 15 is 0 Å². The highest BCUT2D eigenvalue weighted by molar-refractivity contribution is 7.84. The van der Waals surface area contributed by atoms with Crippen LogP contribution in [0.1, 0.15) is 21.5 Å². The van der Waals surface area contributed by atoms with Crippen molar-refractivity contribution >= 4 is 28.4 Å². The minimum absolute atomic E-state index is 0.339. The molecule has 0 saturated heterocycles. The molecule has 0 fully saturated rings. The average Bonchev–Trinajstić information content (AvgIpc) is 2.74. The first-order chi connectivity index (χ1) is 14.1. The lowest BCUT2D eigenvalue weighted by molar-refractivity contribution is -0.125. The van der Waals surface area contributed by atoms with E-state index in [-0.39, 0.29) is 5.91 Å². The monoisotopic (exact) mass is 405 g/mol. The molecule has 5 nitrogen and oxygen atoms in total. The largest absolute Gasteiger partial charge is 0.448 e. The molecule has 1 heterocycles. The zero-order valence-electron chi connectivity index (χ0n) is 15.5. The van der Waals surface area contributed by atoms with Gasteiger partial charge in [-0.2, -0.15) is 0 Å². The van der Waals surface area contributed by atoms with E-state index < -0.39 is 22.9 Å². The molecule has 0 aromatic heterocycles. The Morgan fingerprint density at radius 3 is 2.59 bits per heavy atom. The van der Waals surface area contributed by atoms with E-state index in [4.69, 9.17) is 4.74 Å². The fourth-order valence-corrected chi connectivity index (χ4v) is 4.36. The number of hydrogen-bond donors (Lipinski definition) is 1. The predicted octanol–water partition coefficient (Wildman–Crippen LogP) is 3.71. The molecule has 1 amide bonds. The van der Waals surface area contributed by atoms with E-state index in [0.717, 1.165) is 16.0 Å². The van der Waals surface area contributed by atoms with Crippen LogP contribution in [-0.2, 0) is 32.5 Å². The van der Waals surface area contributed by atoms with Crippen LogP contribution in [0.3, 0.4) is 0 Å². The first-order valence-corrected chi connectivity index (χ1v) is 10.5. The SMILES string of the molecule is O=C1O[C@H](C(=O)Nc2cccc(C[S@@](=O)c3ccccc3)c2)Cc2ccccc21. The molecule has 1 aliphatic heterocycles. The second kappa shape index (κ2) is 8.41. The number of rotatable bonds is 5. The van der Waals surface area contributed by atoms with Crippen LogP contribution in [0, 0.1) is 0 Å². The van der Waals surface area contributed by atoms with Crippen molar-refractivity contribution in [2.75, 3.05) is 5.32 Å². The molecule has 4 rings (SSSR count). The van der Waals surface area contributed by atoms with Crippen LogP contribution >= 0.6 is 0 Å². The lowest BCUT2D eigenvalue weighted by Crippen LogP contribution is -2.37. The highest BCUT2D eigenvalue weighted by Crippen LogP contribution is 2.22. The fourth-order valence-electron chi connectivity index (χ4n) is 3.25. The molecule has 2 atom stereocenters. The molecule has 146 valence electrons. The van der Waals surface area contributed by atoms with E-state index in [0.29, 0.717) is 23.4 Å². The van der Waals surface area contributed by atoms with E-state index in [9.17, 15) is 13.8 Å². The molecule has 6 heteroatoms. The molecule has 3 aromatic rings. The fraction of sp³-hybridized carbons (Fsp3) is 0.130. The maximum atomic E-state index is 12.6. The number of amides is 1. The van der Waals surface area contributed by atoms with Gasteiger partial charge in [-0.3, -0.25) is 9.00 Å². The number of esters is 1. The van der Waals surface area contributed by atoms with Crippen LogP contribution in [0.5, 0.6) is 0 Å². The van der Waals surface area contributed by atoms with Crippen LogP contribution in [0.25, 0.3) is 0 Å². The van der Waals surface area contributed by atoms with Crippen LogP contribution in [0.2, 0.25) is 0 Å². The van der Waals surface area contributed by atoms with Gasteiger partial charge in [0.25, 0.3) is 5.91 Å². The third kappa shape index (κ3) is 4.43. The molecular weight excluding hydrogens is 386 g/mol. The van der Waals surface area contributed by atoms with Gasteiger partial charge in [0.1, 0.15) is 0 Å². The number of carbonyl (C=O) groups excluding carboxylic acids is 2. The minimum Gasteiger partial charge on any atom is -0.448 e. The normalized spacial score (nSPS) is 16.4. The Kier molecular flexibility index (Phi) is 5.53. The smallest absolute Gasteiger partial charge is 0.339 e. The molecule has 0 unspecified atom stereocenters. The summed E-state index contributed by atoms with van der Waals surface area (Å²) >= 11 is 0. The number of anilines is 1. The topological polar surface area (TPSA) is 72.5 Å². The number of carbonyl (C=O) groups is 2. The number of nitrogens with one attached hydrogen (secondary N) is 1. The first kappa shape index (κ1) is 19.1.